The van der Waals surface area contributed by atoms with E-state index in [0.717, 1.165) is 30.4 Å². The molecule has 1 unspecified atom stereocenters. The van der Waals surface area contributed by atoms with Crippen molar-refractivity contribution in [3.8, 4) is 12.1 Å². The molecule has 2 rings (SSSR count). The fourth-order valence-corrected chi connectivity index (χ4v) is 3.25. The highest BCUT2D eigenvalue weighted by Crippen LogP contribution is 2.43. The van der Waals surface area contributed by atoms with Crippen molar-refractivity contribution in [2.45, 2.75) is 33.1 Å². The molecule has 0 bridgehead atoms. The minimum atomic E-state index is 0.163. The molecule has 0 amide bonds. The summed E-state index contributed by atoms with van der Waals surface area (Å²) in [6.07, 6.45) is 7.10. The smallest absolute Gasteiger partial charge is 0.129 e. The first-order chi connectivity index (χ1) is 11.4. The van der Waals surface area contributed by atoms with Gasteiger partial charge in [0.2, 0.25) is 0 Å². The van der Waals surface area contributed by atoms with Crippen molar-refractivity contribution in [1.82, 2.24) is 0 Å². The molecule has 1 aliphatic rings. The monoisotopic (exact) mass is 319 g/mol. The van der Waals surface area contributed by atoms with Gasteiger partial charge in [0.15, 0.2) is 0 Å². The third-order valence-corrected chi connectivity index (χ3v) is 4.77. The minimum Gasteiger partial charge on any atom is -0.378 e. The Morgan fingerprint density at radius 2 is 1.79 bits per heavy atom. The van der Waals surface area contributed by atoms with Crippen molar-refractivity contribution in [1.29, 1.82) is 10.5 Å². The highest BCUT2D eigenvalue weighted by Gasteiger charge is 2.31. The molecular weight excluding hydrogens is 294 g/mol. The highest BCUT2D eigenvalue weighted by atomic mass is 15.1. The summed E-state index contributed by atoms with van der Waals surface area (Å²) < 4.78 is 0. The van der Waals surface area contributed by atoms with E-state index in [0.29, 0.717) is 5.57 Å². The molecule has 1 saturated carbocycles. The van der Waals surface area contributed by atoms with Crippen molar-refractivity contribution in [3.63, 3.8) is 0 Å². The van der Waals surface area contributed by atoms with Gasteiger partial charge in [-0.2, -0.15) is 10.5 Å². The predicted molar refractivity (Wildman–Crippen MR) is 99.2 cm³/mol. The molecule has 1 aromatic rings. The summed E-state index contributed by atoms with van der Waals surface area (Å²) in [6.45, 7) is 4.52. The van der Waals surface area contributed by atoms with Gasteiger partial charge in [0.1, 0.15) is 17.7 Å². The summed E-state index contributed by atoms with van der Waals surface area (Å²) in [6, 6.07) is 12.5. The second kappa shape index (κ2) is 7.37. The number of rotatable bonds is 3. The van der Waals surface area contributed by atoms with Gasteiger partial charge in [0, 0.05) is 25.7 Å². The SMILES string of the molecule is CN(C)c1ccc(C=CC2CC(C)(C)CCC2=C(C#N)C#N)cc1. The van der Waals surface area contributed by atoms with Gasteiger partial charge >= 0.3 is 0 Å². The molecule has 1 aromatic carbocycles. The summed E-state index contributed by atoms with van der Waals surface area (Å²) in [5.41, 5.74) is 3.84. The maximum atomic E-state index is 9.23. The molecule has 0 radical (unpaired) electrons. The van der Waals surface area contributed by atoms with Gasteiger partial charge in [-0.25, -0.2) is 0 Å². The molecule has 3 heteroatoms. The number of nitriles is 2. The van der Waals surface area contributed by atoms with Crippen LogP contribution in [-0.4, -0.2) is 14.1 Å². The van der Waals surface area contributed by atoms with Crippen LogP contribution in [0.2, 0.25) is 0 Å². The third kappa shape index (κ3) is 4.27. The van der Waals surface area contributed by atoms with Gasteiger partial charge in [-0.1, -0.05) is 38.1 Å². The minimum absolute atomic E-state index is 0.163. The Morgan fingerprint density at radius 1 is 1.17 bits per heavy atom. The first-order valence-electron chi connectivity index (χ1n) is 8.35. The van der Waals surface area contributed by atoms with Crippen LogP contribution in [0.25, 0.3) is 6.08 Å². The Labute approximate surface area is 145 Å². The molecule has 0 N–H and O–H groups in total. The number of anilines is 1. The number of benzene rings is 1. The Kier molecular flexibility index (Phi) is 5.47. The normalized spacial score (nSPS) is 19.6. The average molecular weight is 319 g/mol. The van der Waals surface area contributed by atoms with Gasteiger partial charge < -0.3 is 4.90 Å². The predicted octanol–water partition coefficient (Wildman–Crippen LogP) is 4.94. The van der Waals surface area contributed by atoms with Crippen LogP contribution in [0, 0.1) is 34.0 Å². The lowest BCUT2D eigenvalue weighted by Crippen LogP contribution is -2.24. The first kappa shape index (κ1) is 17.8. The van der Waals surface area contributed by atoms with Crippen LogP contribution in [0.3, 0.4) is 0 Å². The Morgan fingerprint density at radius 3 is 2.33 bits per heavy atom. The van der Waals surface area contributed by atoms with E-state index in [2.05, 4.69) is 67.3 Å². The average Bonchev–Trinajstić information content (AvgIpc) is 2.55. The highest BCUT2D eigenvalue weighted by molar-refractivity contribution is 5.56. The molecule has 124 valence electrons. The van der Waals surface area contributed by atoms with Gasteiger partial charge in [0.25, 0.3) is 0 Å². The molecule has 0 saturated heterocycles. The molecule has 3 nitrogen and oxygen atoms in total. The Hall–Kier alpha value is -2.52. The van der Waals surface area contributed by atoms with Crippen molar-refractivity contribution < 1.29 is 0 Å². The number of allylic oxidation sites excluding steroid dienone is 3. The summed E-state index contributed by atoms with van der Waals surface area (Å²) in [4.78, 5) is 2.07. The molecular formula is C21H25N3. The lowest BCUT2D eigenvalue weighted by Gasteiger charge is -2.36. The first-order valence-corrected chi connectivity index (χ1v) is 8.35. The molecule has 0 heterocycles. The Balaban J connectivity index is 2.27. The van der Waals surface area contributed by atoms with Crippen molar-refractivity contribution in [3.05, 3.63) is 47.1 Å². The van der Waals surface area contributed by atoms with E-state index < -0.39 is 0 Å². The molecule has 1 aliphatic carbocycles. The topological polar surface area (TPSA) is 50.8 Å². The van der Waals surface area contributed by atoms with Crippen LogP contribution in [0.4, 0.5) is 5.69 Å². The summed E-state index contributed by atoms with van der Waals surface area (Å²) in [5.74, 6) is 0.163. The van der Waals surface area contributed by atoms with Gasteiger partial charge in [-0.3, -0.25) is 0 Å². The number of nitrogens with zero attached hydrogens (tertiary/aromatic N) is 3. The summed E-state index contributed by atoms with van der Waals surface area (Å²) in [5, 5.41) is 18.5. The zero-order valence-electron chi connectivity index (χ0n) is 15.0. The molecule has 1 atom stereocenters. The lowest BCUT2D eigenvalue weighted by atomic mass is 9.68. The van der Waals surface area contributed by atoms with E-state index in [-0.39, 0.29) is 11.3 Å². The van der Waals surface area contributed by atoms with Crippen LogP contribution in [0.1, 0.15) is 38.7 Å². The summed E-state index contributed by atoms with van der Waals surface area (Å²) in [7, 11) is 4.05. The van der Waals surface area contributed by atoms with Crippen molar-refractivity contribution in [2.75, 3.05) is 19.0 Å². The quantitative estimate of drug-likeness (QED) is 0.742. The molecule has 0 aromatic heterocycles. The zero-order chi connectivity index (χ0) is 17.7. The summed E-state index contributed by atoms with van der Waals surface area (Å²) >= 11 is 0. The van der Waals surface area contributed by atoms with Crippen LogP contribution >= 0.6 is 0 Å². The molecule has 0 spiro atoms. The van der Waals surface area contributed by atoms with E-state index in [4.69, 9.17) is 0 Å². The van der Waals surface area contributed by atoms with Crippen LogP contribution < -0.4 is 4.90 Å². The van der Waals surface area contributed by atoms with E-state index in [1.54, 1.807) is 0 Å². The van der Waals surface area contributed by atoms with Crippen LogP contribution in [0.5, 0.6) is 0 Å². The third-order valence-electron chi connectivity index (χ3n) is 4.77. The zero-order valence-corrected chi connectivity index (χ0v) is 15.0. The molecule has 24 heavy (non-hydrogen) atoms. The number of hydrogen-bond donors (Lipinski definition) is 0. The maximum absolute atomic E-state index is 9.23. The fraction of sp³-hybridized carbons (Fsp3) is 0.429. The standard InChI is InChI=1S/C21H25N3/c1-21(2)12-11-20(18(14-22)15-23)17(13-21)8-5-16-6-9-19(10-7-16)24(3)4/h5-10,17H,11-13H2,1-4H3. The largest absolute Gasteiger partial charge is 0.378 e. The molecule has 1 fully saturated rings. The van der Waals surface area contributed by atoms with Crippen LogP contribution in [-0.2, 0) is 0 Å². The second-order valence-corrected chi connectivity index (χ2v) is 7.44. The van der Waals surface area contributed by atoms with E-state index >= 15 is 0 Å². The lowest BCUT2D eigenvalue weighted by molar-refractivity contribution is 0.247. The van der Waals surface area contributed by atoms with E-state index in [1.165, 1.54) is 5.69 Å². The van der Waals surface area contributed by atoms with E-state index in [1.807, 2.05) is 14.1 Å². The van der Waals surface area contributed by atoms with E-state index in [9.17, 15) is 10.5 Å². The fourth-order valence-electron chi connectivity index (χ4n) is 3.25. The van der Waals surface area contributed by atoms with Crippen LogP contribution in [0.15, 0.2) is 41.5 Å². The van der Waals surface area contributed by atoms with Gasteiger partial charge in [-0.05, 0) is 47.9 Å². The van der Waals surface area contributed by atoms with Gasteiger partial charge in [-0.15, -0.1) is 0 Å². The number of hydrogen-bond acceptors (Lipinski definition) is 3. The van der Waals surface area contributed by atoms with Crippen molar-refractivity contribution in [2.24, 2.45) is 11.3 Å². The maximum Gasteiger partial charge on any atom is 0.129 e. The molecule has 0 aliphatic heterocycles. The van der Waals surface area contributed by atoms with Gasteiger partial charge in [0.05, 0.1) is 0 Å². The second-order valence-electron chi connectivity index (χ2n) is 7.44. The van der Waals surface area contributed by atoms with Crippen molar-refractivity contribution >= 4 is 11.8 Å². The Bertz CT molecular complexity index is 706.